The van der Waals surface area contributed by atoms with Crippen molar-refractivity contribution in [3.05, 3.63) is 0 Å². The molecule has 2 fully saturated rings. The fraction of sp³-hybridized carbons (Fsp3) is 0.857. The van der Waals surface area contributed by atoms with Gasteiger partial charge in [-0.3, -0.25) is 9.59 Å². The largest absolute Gasteiger partial charge is 0.342 e. The van der Waals surface area contributed by atoms with Crippen LogP contribution < -0.4 is 0 Å². The first-order valence-electron chi connectivity index (χ1n) is 6.81. The van der Waals surface area contributed by atoms with Gasteiger partial charge in [0, 0.05) is 31.8 Å². The van der Waals surface area contributed by atoms with Gasteiger partial charge in [-0.15, -0.1) is 0 Å². The minimum absolute atomic E-state index is 0.136. The lowest BCUT2D eigenvalue weighted by molar-refractivity contribution is -0.143. The SMILES string of the molecule is CC1(C)CCCCC1C(=O)N1CCC(=O)CC1. The van der Waals surface area contributed by atoms with Gasteiger partial charge in [0.15, 0.2) is 0 Å². The molecule has 0 bridgehead atoms. The van der Waals surface area contributed by atoms with Crippen LogP contribution in [0.3, 0.4) is 0 Å². The van der Waals surface area contributed by atoms with Crippen molar-refractivity contribution < 1.29 is 9.59 Å². The van der Waals surface area contributed by atoms with E-state index < -0.39 is 0 Å². The average Bonchev–Trinajstić information content (AvgIpc) is 2.28. The summed E-state index contributed by atoms with van der Waals surface area (Å²) in [6.45, 7) is 5.71. The van der Waals surface area contributed by atoms with Crippen LogP contribution in [0.4, 0.5) is 0 Å². The van der Waals surface area contributed by atoms with Gasteiger partial charge >= 0.3 is 0 Å². The fourth-order valence-corrected chi connectivity index (χ4v) is 3.15. The van der Waals surface area contributed by atoms with Gasteiger partial charge < -0.3 is 4.90 Å². The lowest BCUT2D eigenvalue weighted by atomic mass is 9.68. The Balaban J connectivity index is 2.01. The summed E-state index contributed by atoms with van der Waals surface area (Å²) in [6.07, 6.45) is 5.70. The number of likely N-dealkylation sites (tertiary alicyclic amines) is 1. The summed E-state index contributed by atoms with van der Waals surface area (Å²) in [4.78, 5) is 25.6. The van der Waals surface area contributed by atoms with Crippen molar-refractivity contribution in [3.8, 4) is 0 Å². The zero-order chi connectivity index (χ0) is 12.5. The molecule has 1 unspecified atom stereocenters. The Bertz CT molecular complexity index is 312. The number of rotatable bonds is 1. The molecule has 1 saturated heterocycles. The molecule has 0 aromatic carbocycles. The molecule has 1 amide bonds. The summed E-state index contributed by atoms with van der Waals surface area (Å²) in [6, 6.07) is 0. The lowest BCUT2D eigenvalue weighted by Gasteiger charge is -2.41. The first-order chi connectivity index (χ1) is 8.00. The normalized spacial score (nSPS) is 29.2. The molecular weight excluding hydrogens is 214 g/mol. The van der Waals surface area contributed by atoms with E-state index in [4.69, 9.17) is 0 Å². The highest BCUT2D eigenvalue weighted by Gasteiger charge is 2.39. The first kappa shape index (κ1) is 12.6. The van der Waals surface area contributed by atoms with E-state index >= 15 is 0 Å². The number of nitrogens with zero attached hydrogens (tertiary/aromatic N) is 1. The Labute approximate surface area is 104 Å². The highest BCUT2D eigenvalue weighted by Crippen LogP contribution is 2.41. The molecule has 0 aromatic heterocycles. The van der Waals surface area contributed by atoms with Gasteiger partial charge in [0.05, 0.1) is 0 Å². The van der Waals surface area contributed by atoms with E-state index in [1.807, 2.05) is 4.90 Å². The molecule has 2 aliphatic rings. The third-order valence-corrected chi connectivity index (χ3v) is 4.44. The smallest absolute Gasteiger partial charge is 0.226 e. The third-order valence-electron chi connectivity index (χ3n) is 4.44. The Morgan fingerprint density at radius 3 is 2.47 bits per heavy atom. The second-order valence-electron chi connectivity index (χ2n) is 6.15. The van der Waals surface area contributed by atoms with Crippen molar-refractivity contribution in [2.24, 2.45) is 11.3 Å². The maximum Gasteiger partial charge on any atom is 0.226 e. The van der Waals surface area contributed by atoms with Crippen LogP contribution >= 0.6 is 0 Å². The summed E-state index contributed by atoms with van der Waals surface area (Å²) in [5.74, 6) is 0.767. The van der Waals surface area contributed by atoms with Crippen LogP contribution in [-0.2, 0) is 9.59 Å². The molecule has 2 rings (SSSR count). The molecule has 1 aliphatic heterocycles. The van der Waals surface area contributed by atoms with Gasteiger partial charge in [0.25, 0.3) is 0 Å². The zero-order valence-corrected chi connectivity index (χ0v) is 11.0. The number of amides is 1. The maximum absolute atomic E-state index is 12.5. The van der Waals surface area contributed by atoms with Crippen molar-refractivity contribution in [1.82, 2.24) is 4.90 Å². The van der Waals surface area contributed by atoms with Crippen LogP contribution in [0, 0.1) is 11.3 Å². The Morgan fingerprint density at radius 1 is 1.24 bits per heavy atom. The summed E-state index contributed by atoms with van der Waals surface area (Å²) in [5.41, 5.74) is 0.136. The second kappa shape index (κ2) is 4.79. The monoisotopic (exact) mass is 237 g/mol. The number of carbonyl (C=O) groups excluding carboxylic acids is 2. The van der Waals surface area contributed by atoms with Crippen molar-refractivity contribution in [2.75, 3.05) is 13.1 Å². The summed E-state index contributed by atoms with van der Waals surface area (Å²) < 4.78 is 0. The number of carbonyl (C=O) groups is 2. The number of ketones is 1. The summed E-state index contributed by atoms with van der Waals surface area (Å²) >= 11 is 0. The topological polar surface area (TPSA) is 37.4 Å². The van der Waals surface area contributed by atoms with Crippen molar-refractivity contribution in [3.63, 3.8) is 0 Å². The number of Topliss-reactive ketones (excluding diaryl/α,β-unsaturated/α-hetero) is 1. The van der Waals surface area contributed by atoms with E-state index in [2.05, 4.69) is 13.8 Å². The third kappa shape index (κ3) is 2.70. The zero-order valence-electron chi connectivity index (χ0n) is 11.0. The molecule has 96 valence electrons. The Morgan fingerprint density at radius 2 is 1.88 bits per heavy atom. The molecule has 1 saturated carbocycles. The standard InChI is InChI=1S/C14H23NO2/c1-14(2)8-4-3-5-12(14)13(17)15-9-6-11(16)7-10-15/h12H,3-10H2,1-2H3. The van der Waals surface area contributed by atoms with E-state index in [9.17, 15) is 9.59 Å². The minimum Gasteiger partial charge on any atom is -0.342 e. The lowest BCUT2D eigenvalue weighted by Crippen LogP contribution is -2.46. The van der Waals surface area contributed by atoms with Crippen LogP contribution in [0.5, 0.6) is 0 Å². The van der Waals surface area contributed by atoms with E-state index in [1.165, 1.54) is 12.8 Å². The molecule has 3 heteroatoms. The highest BCUT2D eigenvalue weighted by molar-refractivity contribution is 5.84. The van der Waals surface area contributed by atoms with Crippen molar-refractivity contribution >= 4 is 11.7 Å². The maximum atomic E-state index is 12.5. The van der Waals surface area contributed by atoms with Gasteiger partial charge in [-0.05, 0) is 18.3 Å². The minimum atomic E-state index is 0.136. The molecule has 1 aliphatic carbocycles. The molecule has 1 atom stereocenters. The van der Waals surface area contributed by atoms with E-state index in [0.29, 0.717) is 37.6 Å². The quantitative estimate of drug-likeness (QED) is 0.702. The van der Waals surface area contributed by atoms with Crippen LogP contribution in [0.15, 0.2) is 0 Å². The molecule has 1 heterocycles. The van der Waals surface area contributed by atoms with Gasteiger partial charge in [-0.25, -0.2) is 0 Å². The summed E-state index contributed by atoms with van der Waals surface area (Å²) in [7, 11) is 0. The van der Waals surface area contributed by atoms with Gasteiger partial charge in [0.2, 0.25) is 5.91 Å². The average molecular weight is 237 g/mol. The van der Waals surface area contributed by atoms with Crippen molar-refractivity contribution in [1.29, 1.82) is 0 Å². The number of piperidine rings is 1. The molecule has 0 radical (unpaired) electrons. The fourth-order valence-electron chi connectivity index (χ4n) is 3.15. The predicted molar refractivity (Wildman–Crippen MR) is 66.6 cm³/mol. The molecule has 0 spiro atoms. The molecular formula is C14H23NO2. The highest BCUT2D eigenvalue weighted by atomic mass is 16.2. The first-order valence-corrected chi connectivity index (χ1v) is 6.81. The van der Waals surface area contributed by atoms with E-state index in [1.54, 1.807) is 0 Å². The van der Waals surface area contributed by atoms with Crippen LogP contribution in [-0.4, -0.2) is 29.7 Å². The van der Waals surface area contributed by atoms with Crippen molar-refractivity contribution in [2.45, 2.75) is 52.4 Å². The molecule has 17 heavy (non-hydrogen) atoms. The van der Waals surface area contributed by atoms with Gasteiger partial charge in [0.1, 0.15) is 5.78 Å². The van der Waals surface area contributed by atoms with E-state index in [0.717, 1.165) is 12.8 Å². The van der Waals surface area contributed by atoms with Gasteiger partial charge in [-0.1, -0.05) is 26.7 Å². The second-order valence-corrected chi connectivity index (χ2v) is 6.15. The number of hydrogen-bond donors (Lipinski definition) is 0. The number of hydrogen-bond acceptors (Lipinski definition) is 2. The summed E-state index contributed by atoms with van der Waals surface area (Å²) in [5, 5.41) is 0. The van der Waals surface area contributed by atoms with Crippen LogP contribution in [0.2, 0.25) is 0 Å². The molecule has 3 nitrogen and oxygen atoms in total. The Hall–Kier alpha value is -0.860. The molecule has 0 aromatic rings. The predicted octanol–water partition coefficient (Wildman–Crippen LogP) is 2.39. The molecule has 0 N–H and O–H groups in total. The Kier molecular flexibility index (Phi) is 3.55. The van der Waals surface area contributed by atoms with Gasteiger partial charge in [-0.2, -0.15) is 0 Å². The van der Waals surface area contributed by atoms with Crippen LogP contribution in [0.1, 0.15) is 52.4 Å². The van der Waals surface area contributed by atoms with E-state index in [-0.39, 0.29) is 11.3 Å². The van der Waals surface area contributed by atoms with Crippen LogP contribution in [0.25, 0.3) is 0 Å².